The third kappa shape index (κ3) is 5.93. The molecule has 0 fully saturated rings. The van der Waals surface area contributed by atoms with E-state index >= 15 is 0 Å². The van der Waals surface area contributed by atoms with Crippen LogP contribution in [0.2, 0.25) is 15.1 Å². The average molecular weight is 465 g/mol. The second-order valence-electron chi connectivity index (χ2n) is 4.94. The minimum atomic E-state index is -0.408. The molecule has 132 valence electrons. The van der Waals surface area contributed by atoms with Crippen molar-refractivity contribution in [2.24, 2.45) is 0 Å². The second-order valence-corrected chi connectivity index (χ2v) is 7.01. The summed E-state index contributed by atoms with van der Waals surface area (Å²) in [6, 6.07) is 8.77. The summed E-state index contributed by atoms with van der Waals surface area (Å²) < 4.78 is 11.3. The lowest BCUT2D eigenvalue weighted by Gasteiger charge is -2.11. The molecule has 0 aromatic heterocycles. The van der Waals surface area contributed by atoms with Crippen molar-refractivity contribution < 1.29 is 14.3 Å². The normalized spacial score (nSPS) is 10.9. The highest BCUT2D eigenvalue weighted by molar-refractivity contribution is 9.10. The highest BCUT2D eigenvalue weighted by atomic mass is 79.9. The lowest BCUT2D eigenvalue weighted by Crippen LogP contribution is -1.99. The Balaban J connectivity index is 2.11. The highest BCUT2D eigenvalue weighted by Crippen LogP contribution is 2.35. The van der Waals surface area contributed by atoms with Crippen molar-refractivity contribution in [2.75, 3.05) is 6.61 Å². The summed E-state index contributed by atoms with van der Waals surface area (Å²) in [6.07, 6.45) is 2.97. The van der Waals surface area contributed by atoms with E-state index < -0.39 is 5.97 Å². The van der Waals surface area contributed by atoms with Crippen LogP contribution in [0.15, 0.2) is 40.9 Å². The Morgan fingerprint density at radius 3 is 2.52 bits per heavy atom. The van der Waals surface area contributed by atoms with Crippen molar-refractivity contribution in [2.45, 2.75) is 13.5 Å². The Kier molecular flexibility index (Phi) is 7.63. The molecule has 0 heterocycles. The first-order valence-electron chi connectivity index (χ1n) is 7.31. The van der Waals surface area contributed by atoms with Gasteiger partial charge in [0.1, 0.15) is 6.61 Å². The van der Waals surface area contributed by atoms with Gasteiger partial charge in [0, 0.05) is 6.08 Å². The summed E-state index contributed by atoms with van der Waals surface area (Å²) in [5, 5.41) is 1.37. The van der Waals surface area contributed by atoms with E-state index in [1.54, 1.807) is 37.3 Å². The maximum absolute atomic E-state index is 11.4. The smallest absolute Gasteiger partial charge is 0.330 e. The zero-order valence-corrected chi connectivity index (χ0v) is 17.0. The SMILES string of the molecule is CCOC(=O)/C=C/c1cc(Cl)c(OCc2ccc(Cl)c(Cl)c2)c(Br)c1. The summed E-state index contributed by atoms with van der Waals surface area (Å²) in [4.78, 5) is 11.4. The van der Waals surface area contributed by atoms with Gasteiger partial charge in [0.05, 0.1) is 26.1 Å². The molecular formula is C18H14BrCl3O3. The van der Waals surface area contributed by atoms with Crippen molar-refractivity contribution in [3.05, 3.63) is 67.1 Å². The number of benzene rings is 2. The molecule has 0 saturated carbocycles. The summed E-state index contributed by atoms with van der Waals surface area (Å²) >= 11 is 21.6. The van der Waals surface area contributed by atoms with Crippen LogP contribution < -0.4 is 4.74 Å². The largest absolute Gasteiger partial charge is 0.486 e. The van der Waals surface area contributed by atoms with Crippen LogP contribution in [-0.4, -0.2) is 12.6 Å². The number of carbonyl (C=O) groups excluding carboxylic acids is 1. The number of ether oxygens (including phenoxy) is 2. The number of hydrogen-bond acceptors (Lipinski definition) is 3. The zero-order chi connectivity index (χ0) is 18.4. The van der Waals surface area contributed by atoms with Crippen LogP contribution in [0.1, 0.15) is 18.1 Å². The lowest BCUT2D eigenvalue weighted by molar-refractivity contribution is -0.137. The van der Waals surface area contributed by atoms with Crippen molar-refractivity contribution >= 4 is 62.8 Å². The quantitative estimate of drug-likeness (QED) is 0.359. The van der Waals surface area contributed by atoms with Gasteiger partial charge >= 0.3 is 5.97 Å². The highest BCUT2D eigenvalue weighted by Gasteiger charge is 2.10. The van der Waals surface area contributed by atoms with Crippen molar-refractivity contribution in [3.63, 3.8) is 0 Å². The van der Waals surface area contributed by atoms with E-state index in [4.69, 9.17) is 44.3 Å². The molecule has 0 N–H and O–H groups in total. The lowest BCUT2D eigenvalue weighted by atomic mass is 10.2. The van der Waals surface area contributed by atoms with Crippen molar-refractivity contribution in [3.8, 4) is 5.75 Å². The van der Waals surface area contributed by atoms with Crippen LogP contribution in [0.4, 0.5) is 0 Å². The monoisotopic (exact) mass is 462 g/mol. The third-order valence-corrected chi connectivity index (χ3v) is 4.70. The second kappa shape index (κ2) is 9.48. The molecule has 0 radical (unpaired) electrons. The fraction of sp³-hybridized carbons (Fsp3) is 0.167. The standard InChI is InChI=1S/C18H14BrCl3O3/c1-2-24-17(23)6-4-11-7-13(19)18(16(22)8-11)25-10-12-3-5-14(20)15(21)9-12/h3-9H,2,10H2,1H3/b6-4+. The van der Waals surface area contributed by atoms with Crippen molar-refractivity contribution in [1.29, 1.82) is 0 Å². The van der Waals surface area contributed by atoms with E-state index in [0.29, 0.717) is 31.9 Å². The van der Waals surface area contributed by atoms with Crippen LogP contribution in [0.5, 0.6) is 5.75 Å². The molecule has 0 unspecified atom stereocenters. The number of hydrogen-bond donors (Lipinski definition) is 0. The predicted molar refractivity (Wildman–Crippen MR) is 106 cm³/mol. The number of esters is 1. The van der Waals surface area contributed by atoms with Gasteiger partial charge in [-0.05, 0) is 64.3 Å². The van der Waals surface area contributed by atoms with Crippen LogP contribution >= 0.6 is 50.7 Å². The van der Waals surface area contributed by atoms with Crippen LogP contribution in [-0.2, 0) is 16.1 Å². The fourth-order valence-corrected chi connectivity index (χ4v) is 3.26. The first kappa shape index (κ1) is 20.1. The average Bonchev–Trinajstić information content (AvgIpc) is 2.55. The van der Waals surface area contributed by atoms with Gasteiger partial charge in [-0.3, -0.25) is 0 Å². The molecule has 2 rings (SSSR count). The van der Waals surface area contributed by atoms with E-state index in [9.17, 15) is 4.79 Å². The van der Waals surface area contributed by atoms with E-state index in [2.05, 4.69) is 15.9 Å². The first-order chi connectivity index (χ1) is 11.9. The van der Waals surface area contributed by atoms with E-state index in [-0.39, 0.29) is 6.61 Å². The van der Waals surface area contributed by atoms with Crippen molar-refractivity contribution in [1.82, 2.24) is 0 Å². The van der Waals surface area contributed by atoms with Gasteiger partial charge < -0.3 is 9.47 Å². The van der Waals surface area contributed by atoms with Gasteiger partial charge in [-0.2, -0.15) is 0 Å². The minimum Gasteiger partial charge on any atom is -0.486 e. The van der Waals surface area contributed by atoms with Crippen LogP contribution in [0.25, 0.3) is 6.08 Å². The number of halogens is 4. The molecule has 2 aromatic rings. The summed E-state index contributed by atoms with van der Waals surface area (Å²) in [7, 11) is 0. The Hall–Kier alpha value is -1.20. The molecule has 2 aromatic carbocycles. The molecular weight excluding hydrogens is 450 g/mol. The van der Waals surface area contributed by atoms with Gasteiger partial charge in [0.25, 0.3) is 0 Å². The van der Waals surface area contributed by atoms with Gasteiger partial charge in [-0.1, -0.05) is 40.9 Å². The molecule has 0 bridgehead atoms. The third-order valence-electron chi connectivity index (χ3n) is 3.09. The predicted octanol–water partition coefficient (Wildman–Crippen LogP) is 6.56. The van der Waals surface area contributed by atoms with E-state index in [1.165, 1.54) is 6.08 Å². The van der Waals surface area contributed by atoms with E-state index in [0.717, 1.165) is 11.1 Å². The molecule has 0 amide bonds. The molecule has 0 aliphatic carbocycles. The van der Waals surface area contributed by atoms with E-state index in [1.807, 2.05) is 6.07 Å². The number of rotatable bonds is 6. The van der Waals surface area contributed by atoms with Gasteiger partial charge in [0.2, 0.25) is 0 Å². The molecule has 0 aliphatic heterocycles. The number of carbonyl (C=O) groups is 1. The van der Waals surface area contributed by atoms with Gasteiger partial charge in [-0.25, -0.2) is 4.79 Å². The van der Waals surface area contributed by atoms with Crippen LogP contribution in [0.3, 0.4) is 0 Å². The maximum atomic E-state index is 11.4. The summed E-state index contributed by atoms with van der Waals surface area (Å²) in [5.41, 5.74) is 1.61. The molecule has 0 atom stereocenters. The molecule has 0 saturated heterocycles. The Morgan fingerprint density at radius 2 is 1.88 bits per heavy atom. The molecule has 0 spiro atoms. The Bertz CT molecular complexity index is 783. The molecule has 0 aliphatic rings. The summed E-state index contributed by atoms with van der Waals surface area (Å²) in [5.74, 6) is 0.0933. The molecule has 3 nitrogen and oxygen atoms in total. The van der Waals surface area contributed by atoms with Crippen LogP contribution in [0, 0.1) is 0 Å². The topological polar surface area (TPSA) is 35.5 Å². The Labute approximate surface area is 169 Å². The van der Waals surface area contributed by atoms with Gasteiger partial charge in [0.15, 0.2) is 5.75 Å². The fourth-order valence-electron chi connectivity index (χ4n) is 1.95. The maximum Gasteiger partial charge on any atom is 0.330 e. The first-order valence-corrected chi connectivity index (χ1v) is 9.24. The summed E-state index contributed by atoms with van der Waals surface area (Å²) in [6.45, 7) is 2.36. The molecule has 7 heteroatoms. The van der Waals surface area contributed by atoms with Gasteiger partial charge in [-0.15, -0.1) is 0 Å². The Morgan fingerprint density at radius 1 is 1.12 bits per heavy atom. The minimum absolute atomic E-state index is 0.285. The zero-order valence-electron chi connectivity index (χ0n) is 13.2. The molecule has 25 heavy (non-hydrogen) atoms.